The van der Waals surface area contributed by atoms with Crippen LogP contribution in [0.1, 0.15) is 62.8 Å². The largest absolute Gasteiger partial charge is 0.500 e. The van der Waals surface area contributed by atoms with E-state index in [-0.39, 0.29) is 67.7 Å². The number of para-hydroxylation sites is 1. The molecule has 0 amide bonds. The number of nitrogens with zero attached hydrogens (tertiary/aromatic N) is 2. The summed E-state index contributed by atoms with van der Waals surface area (Å²) in [6.45, 7) is -2.51. The van der Waals surface area contributed by atoms with Crippen LogP contribution in [0.3, 0.4) is 0 Å². The Morgan fingerprint density at radius 2 is 1.77 bits per heavy atom. The molecular formula is C35H32IrN2O-2. The Bertz CT molecular complexity index is 1990. The van der Waals surface area contributed by atoms with Gasteiger partial charge >= 0.3 is 0 Å². The van der Waals surface area contributed by atoms with Crippen LogP contribution < -0.4 is 0 Å². The number of pyridine rings is 2. The number of hydrogen-bond acceptors (Lipinski definition) is 3. The SMILES string of the molecule is [2H]c1c(C([2H])([2H])[2H])cnc(-c2[c-]ccc3c2oc2c(C4([2H])CCCCC4)cccc23)c1[2H].[2H]c1cnc([2H])c([2H])c1[2H].[Ir].[c-]1ccccc1. The predicted molar refractivity (Wildman–Crippen MR) is 156 cm³/mol. The van der Waals surface area contributed by atoms with Gasteiger partial charge in [0.1, 0.15) is 5.58 Å². The molecule has 1 aliphatic carbocycles. The minimum absolute atomic E-state index is 0. The molecule has 1 fully saturated rings. The molecule has 0 atom stereocenters. The molecule has 0 N–H and O–H groups in total. The number of aryl methyl sites for hydroxylation is 1. The molecule has 3 nitrogen and oxygen atoms in total. The summed E-state index contributed by atoms with van der Waals surface area (Å²) in [6, 6.07) is 23.8. The molecule has 3 aromatic heterocycles. The first-order valence-corrected chi connectivity index (χ1v) is 12.5. The van der Waals surface area contributed by atoms with Crippen LogP contribution >= 0.6 is 0 Å². The number of rotatable bonds is 2. The summed E-state index contributed by atoms with van der Waals surface area (Å²) in [4.78, 5) is 7.64. The Balaban J connectivity index is 0.000000261. The molecular weight excluding hydrogens is 657 g/mol. The first-order valence-electron chi connectivity index (χ1n) is 17.5. The van der Waals surface area contributed by atoms with Crippen LogP contribution in [0.25, 0.3) is 33.2 Å². The first-order chi connectivity index (χ1) is 22.8. The molecule has 0 saturated heterocycles. The number of furan rings is 1. The van der Waals surface area contributed by atoms with Crippen molar-refractivity contribution in [3.05, 3.63) is 133 Å². The third kappa shape index (κ3) is 7.29. The standard InChI is InChI=1S/C24H22NO.C6H5.C5H5N.Ir/c1-16-13-14-22(25-15-16)21-12-6-11-20-19-10-5-9-18(23(19)26-24(20)21)17-7-3-2-4-8-17;2*1-2-4-6-5-3-1;/h5-6,9-11,13-15,17H,2-4,7-8H2,1H3;2*1-5H;/q2*-1;;/i1D3,13D,14D,17D;;1D,2D,3D,4D;. The molecule has 3 aromatic carbocycles. The molecule has 7 rings (SSSR count). The summed E-state index contributed by atoms with van der Waals surface area (Å²) in [5.41, 5.74) is 2.34. The molecule has 6 aromatic rings. The van der Waals surface area contributed by atoms with E-state index in [9.17, 15) is 0 Å². The van der Waals surface area contributed by atoms with Gasteiger partial charge in [-0.1, -0.05) is 66.5 Å². The van der Waals surface area contributed by atoms with Crippen molar-refractivity contribution in [1.82, 2.24) is 9.97 Å². The Hall–Kier alpha value is -3.59. The van der Waals surface area contributed by atoms with Gasteiger partial charge in [0.15, 0.2) is 0 Å². The van der Waals surface area contributed by atoms with Crippen LogP contribution in [0.15, 0.2) is 114 Å². The van der Waals surface area contributed by atoms with E-state index in [1.54, 1.807) is 6.07 Å². The first kappa shape index (κ1) is 17.9. The molecule has 3 heterocycles. The predicted octanol–water partition coefficient (Wildman–Crippen LogP) is 9.37. The van der Waals surface area contributed by atoms with Crippen molar-refractivity contribution in [2.24, 2.45) is 0 Å². The Morgan fingerprint density at radius 1 is 0.923 bits per heavy atom. The van der Waals surface area contributed by atoms with E-state index in [4.69, 9.17) is 18.1 Å². The Kier molecular flexibility index (Phi) is 6.67. The van der Waals surface area contributed by atoms with Gasteiger partial charge in [-0.2, -0.15) is 36.4 Å². The topological polar surface area (TPSA) is 38.9 Å². The average molecular weight is 699 g/mol. The van der Waals surface area contributed by atoms with Crippen molar-refractivity contribution in [2.45, 2.75) is 44.8 Å². The smallest absolute Gasteiger partial charge is 0.124 e. The van der Waals surface area contributed by atoms with Crippen molar-refractivity contribution in [2.75, 3.05) is 0 Å². The van der Waals surface area contributed by atoms with E-state index in [1.165, 1.54) is 0 Å². The zero-order valence-corrected chi connectivity index (χ0v) is 23.5. The van der Waals surface area contributed by atoms with Gasteiger partial charge in [0.05, 0.1) is 13.8 Å². The fraction of sp³-hybridized carbons (Fsp3) is 0.200. The van der Waals surface area contributed by atoms with Crippen LogP contribution in [0.2, 0.25) is 0 Å². The van der Waals surface area contributed by atoms with E-state index in [2.05, 4.69) is 22.1 Å². The van der Waals surface area contributed by atoms with Gasteiger partial charge in [-0.15, -0.1) is 18.2 Å². The monoisotopic (exact) mass is 699 g/mol. The van der Waals surface area contributed by atoms with E-state index >= 15 is 0 Å². The summed E-state index contributed by atoms with van der Waals surface area (Å²) in [5, 5.41) is 1.71. The summed E-state index contributed by atoms with van der Waals surface area (Å²) in [5.74, 6) is -0.690. The quantitative estimate of drug-likeness (QED) is 0.169. The van der Waals surface area contributed by atoms with E-state index in [0.29, 0.717) is 16.7 Å². The number of fused-ring (bicyclic) bond motifs is 3. The van der Waals surface area contributed by atoms with Crippen molar-refractivity contribution in [3.63, 3.8) is 0 Å². The maximum atomic E-state index is 9.09. The summed E-state index contributed by atoms with van der Waals surface area (Å²) in [6.07, 6.45) is 6.77. The van der Waals surface area contributed by atoms with E-state index in [1.807, 2.05) is 54.6 Å². The average Bonchev–Trinajstić information content (AvgIpc) is 3.47. The molecule has 0 bridgehead atoms. The van der Waals surface area contributed by atoms with Crippen LogP contribution in [0.5, 0.6) is 0 Å². The van der Waals surface area contributed by atoms with Crippen molar-refractivity contribution in [3.8, 4) is 11.3 Å². The fourth-order valence-electron chi connectivity index (χ4n) is 4.45. The van der Waals surface area contributed by atoms with Gasteiger partial charge in [-0.3, -0.25) is 4.98 Å². The molecule has 199 valence electrons. The van der Waals surface area contributed by atoms with Crippen molar-refractivity contribution >= 4 is 21.9 Å². The Morgan fingerprint density at radius 3 is 2.51 bits per heavy atom. The second kappa shape index (κ2) is 14.5. The Labute approximate surface area is 258 Å². The van der Waals surface area contributed by atoms with E-state index in [0.717, 1.165) is 60.8 Å². The molecule has 0 unspecified atom stereocenters. The van der Waals surface area contributed by atoms with Gasteiger partial charge in [0.25, 0.3) is 0 Å². The van der Waals surface area contributed by atoms with Gasteiger partial charge < -0.3 is 9.40 Å². The van der Waals surface area contributed by atoms with Crippen molar-refractivity contribution < 1.29 is 38.2 Å². The van der Waals surface area contributed by atoms with Crippen LogP contribution in [-0.4, -0.2) is 9.97 Å². The number of hydrogen-bond donors (Lipinski definition) is 0. The minimum Gasteiger partial charge on any atom is -0.500 e. The van der Waals surface area contributed by atoms with Gasteiger partial charge in [-0.05, 0) is 54.5 Å². The van der Waals surface area contributed by atoms with Crippen LogP contribution in [0.4, 0.5) is 0 Å². The van der Waals surface area contributed by atoms with Gasteiger partial charge in [-0.25, -0.2) is 0 Å². The third-order valence-electron chi connectivity index (χ3n) is 6.16. The molecule has 0 aliphatic heterocycles. The molecule has 1 radical (unpaired) electrons. The van der Waals surface area contributed by atoms with Crippen LogP contribution in [0, 0.1) is 19.0 Å². The zero-order valence-electron chi connectivity index (χ0n) is 31.1. The maximum Gasteiger partial charge on any atom is 0.124 e. The summed E-state index contributed by atoms with van der Waals surface area (Å²) in [7, 11) is 0. The van der Waals surface area contributed by atoms with Crippen LogP contribution in [-0.2, 0) is 20.1 Å². The maximum absolute atomic E-state index is 9.09. The number of benzene rings is 3. The fourth-order valence-corrected chi connectivity index (χ4v) is 4.45. The normalized spacial score (nSPS) is 17.7. The second-order valence-corrected chi connectivity index (χ2v) is 8.66. The molecule has 4 heteroatoms. The molecule has 1 saturated carbocycles. The second-order valence-electron chi connectivity index (χ2n) is 8.66. The van der Waals surface area contributed by atoms with Crippen molar-refractivity contribution in [1.29, 1.82) is 0 Å². The molecule has 39 heavy (non-hydrogen) atoms. The molecule has 0 spiro atoms. The summed E-state index contributed by atoms with van der Waals surface area (Å²) < 4.78 is 82.8. The zero-order chi connectivity index (χ0) is 34.6. The van der Waals surface area contributed by atoms with Gasteiger partial charge in [0.2, 0.25) is 0 Å². The summed E-state index contributed by atoms with van der Waals surface area (Å²) >= 11 is 0. The minimum atomic E-state index is -2.51. The van der Waals surface area contributed by atoms with E-state index < -0.39 is 12.7 Å². The molecule has 1 aliphatic rings. The number of aromatic nitrogens is 2. The third-order valence-corrected chi connectivity index (χ3v) is 6.16. The van der Waals surface area contributed by atoms with Gasteiger partial charge in [0, 0.05) is 49.5 Å².